The Labute approximate surface area is 225 Å². The van der Waals surface area contributed by atoms with Crippen LogP contribution >= 0.6 is 0 Å². The van der Waals surface area contributed by atoms with Crippen LogP contribution in [-0.4, -0.2) is 3.81 Å². The molecule has 0 aromatic heterocycles. The van der Waals surface area contributed by atoms with Crippen molar-refractivity contribution in [3.8, 4) is 0 Å². The number of hydrogen-bond donors (Lipinski definition) is 0. The van der Waals surface area contributed by atoms with E-state index in [0.29, 0.717) is 11.8 Å². The summed E-state index contributed by atoms with van der Waals surface area (Å²) in [7, 11) is 0. The van der Waals surface area contributed by atoms with E-state index in [1.807, 2.05) is 12.2 Å². The third-order valence-electron chi connectivity index (χ3n) is 6.13. The van der Waals surface area contributed by atoms with Gasteiger partial charge in [0.05, 0.1) is 0 Å². The van der Waals surface area contributed by atoms with Crippen molar-refractivity contribution >= 4 is 25.4 Å². The molecule has 0 unspecified atom stereocenters. The summed E-state index contributed by atoms with van der Waals surface area (Å²) >= 11 is 2.28. The van der Waals surface area contributed by atoms with Crippen molar-refractivity contribution in [2.75, 3.05) is 0 Å². The SMILES string of the molecule is CC(C)c1ccc2[cH-]c3ccc(C(C)C)cc3c2c1.[C-]1=CC=CC1.[Cl-].[Cl-].[Ti+2]=[C]1CCCCC1. The van der Waals surface area contributed by atoms with Crippen molar-refractivity contribution in [1.82, 2.24) is 0 Å². The summed E-state index contributed by atoms with van der Waals surface area (Å²) < 4.78 is 1.71. The van der Waals surface area contributed by atoms with Crippen LogP contribution in [0.25, 0.3) is 21.5 Å². The molecule has 0 heterocycles. The van der Waals surface area contributed by atoms with Crippen LogP contribution in [0.5, 0.6) is 0 Å². The van der Waals surface area contributed by atoms with Crippen molar-refractivity contribution in [3.63, 3.8) is 0 Å². The first-order valence-corrected chi connectivity index (χ1v) is 12.6. The molecular weight excluding hydrogens is 479 g/mol. The minimum absolute atomic E-state index is 0. The standard InChI is InChI=1S/C19H21.C6H10.C5H5.2ClH.Ti/c1-12(2)14-5-7-16-9-17-8-6-15(13(3)4)11-19(17)18(16)10-14;1-2-4-6-5-3-1;1-2-4-5-3-1;;;/h5-13H,1-4H3;1-5H2;1-3H,4H2;2*1H;/q-1;;-1;;;+2/p-2. The fourth-order valence-electron chi connectivity index (χ4n) is 4.07. The molecule has 3 heteroatoms. The second-order valence-electron chi connectivity index (χ2n) is 9.31. The van der Waals surface area contributed by atoms with Gasteiger partial charge in [-0.1, -0.05) is 63.1 Å². The van der Waals surface area contributed by atoms with Gasteiger partial charge in [0, 0.05) is 0 Å². The Morgan fingerprint density at radius 3 is 1.61 bits per heavy atom. The van der Waals surface area contributed by atoms with Crippen molar-refractivity contribution < 1.29 is 44.8 Å². The molecule has 2 aliphatic carbocycles. The van der Waals surface area contributed by atoms with Gasteiger partial charge in [0.1, 0.15) is 0 Å². The van der Waals surface area contributed by atoms with Crippen molar-refractivity contribution in [2.24, 2.45) is 0 Å². The van der Waals surface area contributed by atoms with E-state index in [9.17, 15) is 0 Å². The molecule has 3 aromatic rings. The normalized spacial score (nSPS) is 14.5. The van der Waals surface area contributed by atoms with E-state index in [1.54, 1.807) is 3.81 Å². The van der Waals surface area contributed by atoms with Crippen LogP contribution in [0.15, 0.2) is 60.7 Å². The fraction of sp³-hybridized carbons (Fsp3) is 0.400. The summed E-state index contributed by atoms with van der Waals surface area (Å²) in [5.41, 5.74) is 2.85. The van der Waals surface area contributed by atoms with E-state index >= 15 is 0 Å². The number of halogens is 2. The van der Waals surface area contributed by atoms with Crippen LogP contribution in [0.2, 0.25) is 0 Å². The summed E-state index contributed by atoms with van der Waals surface area (Å²) in [6.45, 7) is 9.02. The van der Waals surface area contributed by atoms with Crippen LogP contribution in [-0.2, 0) is 20.0 Å². The summed E-state index contributed by atoms with van der Waals surface area (Å²) in [6, 6.07) is 16.1. The van der Waals surface area contributed by atoms with Gasteiger partial charge in [0.15, 0.2) is 0 Å². The average Bonchev–Trinajstić information content (AvgIpc) is 3.45. The van der Waals surface area contributed by atoms with Crippen LogP contribution in [0, 0.1) is 6.08 Å². The molecule has 1 fully saturated rings. The summed E-state index contributed by atoms with van der Waals surface area (Å²) in [5.74, 6) is 1.17. The molecule has 0 N–H and O–H groups in total. The second kappa shape index (κ2) is 15.1. The first-order chi connectivity index (χ1) is 15.0. The molecule has 0 bridgehead atoms. The fourth-order valence-corrected chi connectivity index (χ4v) is 4.62. The predicted molar refractivity (Wildman–Crippen MR) is 135 cm³/mol. The van der Waals surface area contributed by atoms with Crippen LogP contribution in [0.4, 0.5) is 0 Å². The quantitative estimate of drug-likeness (QED) is 0.364. The Morgan fingerprint density at radius 2 is 1.30 bits per heavy atom. The maximum atomic E-state index is 2.99. The Balaban J connectivity index is 0.000000321. The summed E-state index contributed by atoms with van der Waals surface area (Å²) in [4.78, 5) is 0. The minimum atomic E-state index is 0. The van der Waals surface area contributed by atoms with Gasteiger partial charge in [-0.25, -0.2) is 12.2 Å². The second-order valence-corrected chi connectivity index (χ2v) is 10.4. The molecule has 3 aromatic carbocycles. The number of rotatable bonds is 2. The van der Waals surface area contributed by atoms with Gasteiger partial charge in [-0.05, 0) is 11.8 Å². The maximum absolute atomic E-state index is 2.99. The van der Waals surface area contributed by atoms with E-state index in [4.69, 9.17) is 0 Å². The Hall–Kier alpha value is -1.05. The van der Waals surface area contributed by atoms with Crippen molar-refractivity contribution in [3.05, 3.63) is 77.9 Å². The summed E-state index contributed by atoms with van der Waals surface area (Å²) in [5, 5.41) is 5.54. The average molecular weight is 515 g/mol. The zero-order valence-electron chi connectivity index (χ0n) is 20.4. The number of benzene rings is 2. The van der Waals surface area contributed by atoms with Crippen molar-refractivity contribution in [2.45, 2.75) is 78.1 Å². The molecule has 2 aliphatic rings. The Bertz CT molecular complexity index is 989. The molecule has 0 radical (unpaired) electrons. The molecule has 0 saturated heterocycles. The number of allylic oxidation sites excluding steroid dienone is 4. The molecular formula is C30H36Cl2Ti-2. The number of hydrogen-bond acceptors (Lipinski definition) is 0. The molecule has 0 nitrogen and oxygen atoms in total. The number of fused-ring (bicyclic) bond motifs is 3. The first-order valence-electron chi connectivity index (χ1n) is 11.9. The molecule has 176 valence electrons. The zero-order valence-corrected chi connectivity index (χ0v) is 23.5. The molecule has 0 atom stereocenters. The first kappa shape index (κ1) is 30.0. The predicted octanol–water partition coefficient (Wildman–Crippen LogP) is 2.94. The van der Waals surface area contributed by atoms with Gasteiger partial charge < -0.3 is 24.8 Å². The molecule has 1 saturated carbocycles. The van der Waals surface area contributed by atoms with E-state index in [1.165, 1.54) is 64.8 Å². The molecule has 0 spiro atoms. The van der Waals surface area contributed by atoms with Gasteiger partial charge in [0.25, 0.3) is 0 Å². The van der Waals surface area contributed by atoms with Gasteiger partial charge >= 0.3 is 55.9 Å². The van der Waals surface area contributed by atoms with Gasteiger partial charge in [-0.15, -0.1) is 46.2 Å². The molecule has 0 amide bonds. The van der Waals surface area contributed by atoms with E-state index in [2.05, 4.69) is 102 Å². The van der Waals surface area contributed by atoms with Gasteiger partial charge in [-0.2, -0.15) is 6.08 Å². The van der Waals surface area contributed by atoms with E-state index in [-0.39, 0.29) is 24.8 Å². The Morgan fingerprint density at radius 1 is 0.788 bits per heavy atom. The van der Waals surface area contributed by atoms with Gasteiger partial charge in [0.2, 0.25) is 0 Å². The van der Waals surface area contributed by atoms with E-state index < -0.39 is 0 Å². The third kappa shape index (κ3) is 8.91. The zero-order chi connectivity index (χ0) is 22.2. The van der Waals surface area contributed by atoms with Crippen molar-refractivity contribution in [1.29, 1.82) is 0 Å². The van der Waals surface area contributed by atoms with Crippen LogP contribution in [0.1, 0.15) is 89.2 Å². The van der Waals surface area contributed by atoms with Gasteiger partial charge in [-0.3, -0.25) is 6.08 Å². The molecule has 0 aliphatic heterocycles. The van der Waals surface area contributed by atoms with Crippen LogP contribution in [0.3, 0.4) is 0 Å². The third-order valence-corrected chi connectivity index (χ3v) is 6.91. The topological polar surface area (TPSA) is 0 Å². The molecule has 5 rings (SSSR count). The summed E-state index contributed by atoms with van der Waals surface area (Å²) in [6.07, 6.45) is 17.2. The van der Waals surface area contributed by atoms with Crippen LogP contribution < -0.4 is 24.8 Å². The molecule has 33 heavy (non-hydrogen) atoms. The Kier molecular flexibility index (Phi) is 13.7. The monoisotopic (exact) mass is 514 g/mol. The van der Waals surface area contributed by atoms with E-state index in [0.717, 1.165) is 6.42 Å².